The van der Waals surface area contributed by atoms with Crippen molar-refractivity contribution in [1.29, 1.82) is 0 Å². The Hall–Kier alpha value is -4.03. The van der Waals surface area contributed by atoms with Gasteiger partial charge < -0.3 is 4.74 Å². The number of carbonyl (C=O) groups is 2. The summed E-state index contributed by atoms with van der Waals surface area (Å²) in [6.45, 7) is 0. The normalized spacial score (nSPS) is 24.9. The fraction of sp³-hybridized carbons (Fsp3) is 0.156. The average Bonchev–Trinajstić information content (AvgIpc) is 3.23. The van der Waals surface area contributed by atoms with Gasteiger partial charge >= 0.3 is 0 Å². The van der Waals surface area contributed by atoms with Crippen LogP contribution in [0.4, 0.5) is 11.4 Å². The largest absolute Gasteiger partial charge is 0.497 e. The Morgan fingerprint density at radius 1 is 0.842 bits per heavy atom. The number of rotatable bonds is 4. The van der Waals surface area contributed by atoms with E-state index in [9.17, 15) is 9.59 Å². The minimum Gasteiger partial charge on any atom is -0.497 e. The standard InChI is InChI=1S/C32H23BrN2O3/c1-38-22-15-13-21(14-16-22)35-30(36)28-27-23-9-2-4-11-25(23)32(29(28)31(35)37,26-12-5-3-10-24(26)27)18-34-20-8-6-7-19(33)17-20/h2-18,27-29H,1H3. The lowest BCUT2D eigenvalue weighted by atomic mass is 9.47. The molecule has 4 aliphatic rings. The first-order valence-corrected chi connectivity index (χ1v) is 13.4. The van der Waals surface area contributed by atoms with E-state index in [2.05, 4.69) is 40.2 Å². The number of nitrogens with zero attached hydrogens (tertiary/aromatic N) is 2. The maximum Gasteiger partial charge on any atom is 0.239 e. The first-order valence-electron chi connectivity index (χ1n) is 12.6. The Labute approximate surface area is 228 Å². The molecule has 0 spiro atoms. The molecule has 1 aliphatic heterocycles. The number of aliphatic imine (C=N–C) groups is 1. The summed E-state index contributed by atoms with van der Waals surface area (Å²) < 4.78 is 6.22. The second-order valence-electron chi connectivity index (χ2n) is 9.97. The summed E-state index contributed by atoms with van der Waals surface area (Å²) in [6, 6.07) is 31.3. The molecule has 4 aromatic rings. The Balaban J connectivity index is 1.48. The topological polar surface area (TPSA) is 59.0 Å². The van der Waals surface area contributed by atoms with E-state index in [4.69, 9.17) is 9.73 Å². The van der Waals surface area contributed by atoms with Crippen molar-refractivity contribution in [3.8, 4) is 5.75 Å². The smallest absolute Gasteiger partial charge is 0.239 e. The predicted octanol–water partition coefficient (Wildman–Crippen LogP) is 6.41. The van der Waals surface area contributed by atoms with E-state index in [1.165, 1.54) is 4.90 Å². The number of carbonyl (C=O) groups excluding carboxylic acids is 2. The maximum absolute atomic E-state index is 14.4. The van der Waals surface area contributed by atoms with Crippen LogP contribution in [0.1, 0.15) is 28.2 Å². The zero-order valence-corrected chi connectivity index (χ0v) is 22.1. The number of anilines is 1. The van der Waals surface area contributed by atoms with Gasteiger partial charge in [0.2, 0.25) is 11.8 Å². The van der Waals surface area contributed by atoms with E-state index in [-0.39, 0.29) is 17.7 Å². The van der Waals surface area contributed by atoms with Crippen molar-refractivity contribution in [2.75, 3.05) is 12.0 Å². The second-order valence-corrected chi connectivity index (χ2v) is 10.9. The first-order chi connectivity index (χ1) is 18.5. The van der Waals surface area contributed by atoms with Crippen LogP contribution in [0.3, 0.4) is 0 Å². The van der Waals surface area contributed by atoms with Gasteiger partial charge in [0.15, 0.2) is 0 Å². The highest BCUT2D eigenvalue weighted by Crippen LogP contribution is 2.63. The molecule has 0 saturated carbocycles. The molecular weight excluding hydrogens is 540 g/mol. The lowest BCUT2D eigenvalue weighted by molar-refractivity contribution is -0.122. The van der Waals surface area contributed by atoms with Crippen molar-refractivity contribution in [2.24, 2.45) is 16.8 Å². The minimum absolute atomic E-state index is 0.167. The number of methoxy groups -OCH3 is 1. The highest BCUT2D eigenvalue weighted by atomic mass is 79.9. The van der Waals surface area contributed by atoms with E-state index in [1.54, 1.807) is 31.4 Å². The number of amides is 2. The molecular formula is C32H23BrN2O3. The summed E-state index contributed by atoms with van der Waals surface area (Å²) in [4.78, 5) is 34.9. The molecule has 1 saturated heterocycles. The van der Waals surface area contributed by atoms with E-state index < -0.39 is 17.3 Å². The van der Waals surface area contributed by atoms with Crippen LogP contribution in [0.15, 0.2) is 107 Å². The molecule has 38 heavy (non-hydrogen) atoms. The molecule has 0 aromatic heterocycles. The van der Waals surface area contributed by atoms with Gasteiger partial charge in [-0.05, 0) is 64.7 Å². The van der Waals surface area contributed by atoms with E-state index in [0.717, 1.165) is 32.4 Å². The molecule has 0 N–H and O–H groups in total. The van der Waals surface area contributed by atoms with Crippen LogP contribution >= 0.6 is 15.9 Å². The summed E-state index contributed by atoms with van der Waals surface area (Å²) in [5, 5.41) is 0. The van der Waals surface area contributed by atoms with Crippen molar-refractivity contribution in [1.82, 2.24) is 0 Å². The molecule has 0 radical (unpaired) electrons. The third-order valence-corrected chi connectivity index (χ3v) is 8.73. The van der Waals surface area contributed by atoms with Crippen LogP contribution < -0.4 is 9.64 Å². The van der Waals surface area contributed by atoms with Crippen LogP contribution in [0.5, 0.6) is 5.75 Å². The molecule has 3 aliphatic carbocycles. The number of hydrogen-bond acceptors (Lipinski definition) is 4. The van der Waals surface area contributed by atoms with Crippen LogP contribution in [-0.4, -0.2) is 25.1 Å². The van der Waals surface area contributed by atoms with Gasteiger partial charge in [-0.1, -0.05) is 70.5 Å². The van der Waals surface area contributed by atoms with Gasteiger partial charge in [-0.2, -0.15) is 0 Å². The lowest BCUT2D eigenvalue weighted by Gasteiger charge is -2.52. The highest BCUT2D eigenvalue weighted by molar-refractivity contribution is 9.10. The number of halogens is 1. The lowest BCUT2D eigenvalue weighted by Crippen LogP contribution is -2.54. The quantitative estimate of drug-likeness (QED) is 0.213. The molecule has 2 unspecified atom stereocenters. The van der Waals surface area contributed by atoms with Gasteiger partial charge in [0.1, 0.15) is 5.75 Å². The van der Waals surface area contributed by atoms with E-state index >= 15 is 0 Å². The Morgan fingerprint density at radius 3 is 2.13 bits per heavy atom. The maximum atomic E-state index is 14.4. The van der Waals surface area contributed by atoms with E-state index in [0.29, 0.717) is 11.4 Å². The van der Waals surface area contributed by atoms with Crippen molar-refractivity contribution < 1.29 is 14.3 Å². The molecule has 2 atom stereocenters. The fourth-order valence-electron chi connectivity index (χ4n) is 6.77. The van der Waals surface area contributed by atoms with Gasteiger partial charge in [-0.25, -0.2) is 4.90 Å². The van der Waals surface area contributed by atoms with E-state index in [1.807, 2.05) is 54.7 Å². The Kier molecular flexibility index (Phi) is 5.17. The zero-order valence-electron chi connectivity index (χ0n) is 20.5. The molecule has 1 fully saturated rings. The van der Waals surface area contributed by atoms with Crippen molar-refractivity contribution in [2.45, 2.75) is 11.3 Å². The third-order valence-electron chi connectivity index (χ3n) is 8.24. The highest BCUT2D eigenvalue weighted by Gasteiger charge is 2.67. The first kappa shape index (κ1) is 23.1. The third kappa shape index (κ3) is 3.07. The molecule has 2 bridgehead atoms. The molecule has 186 valence electrons. The van der Waals surface area contributed by atoms with Gasteiger partial charge in [0, 0.05) is 16.6 Å². The second kappa shape index (κ2) is 8.50. The number of imide groups is 1. The van der Waals surface area contributed by atoms with Crippen LogP contribution in [0.2, 0.25) is 0 Å². The van der Waals surface area contributed by atoms with Crippen molar-refractivity contribution in [3.63, 3.8) is 0 Å². The predicted molar refractivity (Wildman–Crippen MR) is 150 cm³/mol. The molecule has 5 nitrogen and oxygen atoms in total. The SMILES string of the molecule is COc1ccc(N2C(=O)C3C4c5ccccc5C(C=Nc5cccc(Br)c5)(c5ccccc54)C3C2=O)cc1. The van der Waals surface area contributed by atoms with Crippen LogP contribution in [-0.2, 0) is 15.0 Å². The minimum atomic E-state index is -0.886. The van der Waals surface area contributed by atoms with Crippen molar-refractivity contribution in [3.05, 3.63) is 124 Å². The number of ether oxygens (including phenoxy) is 1. The summed E-state index contributed by atoms with van der Waals surface area (Å²) in [7, 11) is 1.59. The summed E-state index contributed by atoms with van der Waals surface area (Å²) in [5.74, 6) is -1.03. The molecule has 8 rings (SSSR count). The van der Waals surface area contributed by atoms with Crippen LogP contribution in [0.25, 0.3) is 0 Å². The van der Waals surface area contributed by atoms with Gasteiger partial charge in [0.05, 0.1) is 35.7 Å². The molecule has 1 heterocycles. The molecule has 2 amide bonds. The van der Waals surface area contributed by atoms with Gasteiger partial charge in [-0.3, -0.25) is 14.6 Å². The number of benzene rings is 4. The van der Waals surface area contributed by atoms with Crippen LogP contribution in [0, 0.1) is 11.8 Å². The fourth-order valence-corrected chi connectivity index (χ4v) is 7.16. The Bertz CT molecular complexity index is 1600. The van der Waals surface area contributed by atoms with Gasteiger partial charge in [-0.15, -0.1) is 0 Å². The summed E-state index contributed by atoms with van der Waals surface area (Å²) in [5.41, 5.74) is 4.71. The van der Waals surface area contributed by atoms with Crippen molar-refractivity contribution >= 4 is 45.3 Å². The summed E-state index contributed by atoms with van der Waals surface area (Å²) in [6.07, 6.45) is 1.92. The number of hydrogen-bond donors (Lipinski definition) is 0. The summed E-state index contributed by atoms with van der Waals surface area (Å²) >= 11 is 3.54. The Morgan fingerprint density at radius 2 is 1.50 bits per heavy atom. The molecule has 6 heteroatoms. The average molecular weight is 563 g/mol. The monoisotopic (exact) mass is 562 g/mol. The molecule has 4 aromatic carbocycles. The van der Waals surface area contributed by atoms with Gasteiger partial charge in [0.25, 0.3) is 0 Å². The zero-order chi connectivity index (χ0) is 26.0.